The van der Waals surface area contributed by atoms with E-state index in [1.54, 1.807) is 0 Å². The summed E-state index contributed by atoms with van der Waals surface area (Å²) in [5.41, 5.74) is 3.21. The van der Waals surface area contributed by atoms with Crippen LogP contribution >= 0.6 is 0 Å². The maximum atomic E-state index is 13.1. The lowest BCUT2D eigenvalue weighted by Crippen LogP contribution is -2.45. The molecule has 2 saturated heterocycles. The van der Waals surface area contributed by atoms with Crippen LogP contribution in [0.3, 0.4) is 0 Å². The second kappa shape index (κ2) is 11.5. The molecule has 3 rings (SSSR count). The van der Waals surface area contributed by atoms with Crippen molar-refractivity contribution in [3.63, 3.8) is 0 Å². The van der Waals surface area contributed by atoms with Gasteiger partial charge in [-0.2, -0.15) is 5.26 Å². The smallest absolute Gasteiger partial charge is 0.241 e. The monoisotopic (exact) mass is 410 g/mol. The second-order valence-corrected chi connectivity index (χ2v) is 9.23. The molecule has 0 atom stereocenters. The third-order valence-corrected chi connectivity index (χ3v) is 6.55. The van der Waals surface area contributed by atoms with Crippen LogP contribution in [0.5, 0.6) is 0 Å². The number of anilines is 1. The van der Waals surface area contributed by atoms with Crippen LogP contribution in [0, 0.1) is 31.1 Å². The van der Waals surface area contributed by atoms with Gasteiger partial charge in [-0.05, 0) is 94.9 Å². The van der Waals surface area contributed by atoms with E-state index in [0.29, 0.717) is 19.5 Å². The normalized spacial score (nSPS) is 19.2. The van der Waals surface area contributed by atoms with E-state index in [1.807, 2.05) is 4.90 Å². The molecule has 2 aliphatic rings. The largest absolute Gasteiger partial charge is 0.310 e. The summed E-state index contributed by atoms with van der Waals surface area (Å²) in [6, 6.07) is 8.41. The Balaban J connectivity index is 1.53. The number of nitrogens with zero attached hydrogens (tertiary/aromatic N) is 4. The molecule has 1 amide bonds. The fraction of sp³-hybridized carbons (Fsp3) is 0.680. The molecule has 0 radical (unpaired) electrons. The van der Waals surface area contributed by atoms with E-state index in [9.17, 15) is 4.79 Å². The van der Waals surface area contributed by atoms with Crippen molar-refractivity contribution < 1.29 is 4.79 Å². The first kappa shape index (κ1) is 22.8. The highest BCUT2D eigenvalue weighted by molar-refractivity contribution is 5.95. The van der Waals surface area contributed by atoms with E-state index >= 15 is 0 Å². The van der Waals surface area contributed by atoms with Gasteiger partial charge in [-0.25, -0.2) is 0 Å². The number of rotatable bonds is 7. The van der Waals surface area contributed by atoms with E-state index in [-0.39, 0.29) is 5.91 Å². The molecule has 164 valence electrons. The van der Waals surface area contributed by atoms with Crippen LogP contribution in [0.4, 0.5) is 5.69 Å². The van der Waals surface area contributed by atoms with Gasteiger partial charge in [-0.15, -0.1) is 0 Å². The first-order valence-electron chi connectivity index (χ1n) is 11.8. The van der Waals surface area contributed by atoms with E-state index in [0.717, 1.165) is 35.8 Å². The number of amides is 1. The zero-order chi connectivity index (χ0) is 21.3. The highest BCUT2D eigenvalue weighted by atomic mass is 16.2. The lowest BCUT2D eigenvalue weighted by molar-refractivity contribution is -0.120. The molecule has 0 aliphatic carbocycles. The first-order valence-corrected chi connectivity index (χ1v) is 11.8. The Hall–Kier alpha value is -1.90. The maximum absolute atomic E-state index is 13.1. The zero-order valence-electron chi connectivity index (χ0n) is 18.9. The van der Waals surface area contributed by atoms with Gasteiger partial charge in [-0.3, -0.25) is 9.69 Å². The van der Waals surface area contributed by atoms with Gasteiger partial charge in [0.15, 0.2) is 0 Å². The molecule has 0 spiro atoms. The van der Waals surface area contributed by atoms with Gasteiger partial charge >= 0.3 is 0 Å². The van der Waals surface area contributed by atoms with Crippen molar-refractivity contribution in [1.29, 1.82) is 5.26 Å². The van der Waals surface area contributed by atoms with Crippen LogP contribution in [-0.2, 0) is 4.79 Å². The van der Waals surface area contributed by atoms with Gasteiger partial charge in [0.2, 0.25) is 5.91 Å². The number of nitriles is 1. The van der Waals surface area contributed by atoms with Crippen molar-refractivity contribution in [3.05, 3.63) is 29.3 Å². The standard InChI is InChI=1S/C25H38N4O/c1-21-16-22(2)18-24(17-21)29(13-7-10-26)25(30)20-28-14-8-23(9-15-28)19-27-11-5-3-4-6-12-27/h16-18,23H,3-9,11-15,19-20H2,1-2H3. The Kier molecular flexibility index (Phi) is 8.72. The summed E-state index contributed by atoms with van der Waals surface area (Å²) >= 11 is 0. The zero-order valence-corrected chi connectivity index (χ0v) is 18.9. The van der Waals surface area contributed by atoms with Gasteiger partial charge in [0.1, 0.15) is 0 Å². The Morgan fingerprint density at radius 3 is 2.23 bits per heavy atom. The number of carbonyl (C=O) groups excluding carboxylic acids is 1. The van der Waals surface area contributed by atoms with Crippen LogP contribution in [0.1, 0.15) is 56.1 Å². The molecule has 30 heavy (non-hydrogen) atoms. The van der Waals surface area contributed by atoms with Crippen molar-refractivity contribution in [1.82, 2.24) is 9.80 Å². The van der Waals surface area contributed by atoms with E-state index in [4.69, 9.17) is 5.26 Å². The third-order valence-electron chi connectivity index (χ3n) is 6.55. The third kappa shape index (κ3) is 6.82. The molecule has 2 fully saturated rings. The lowest BCUT2D eigenvalue weighted by atomic mass is 9.96. The van der Waals surface area contributed by atoms with Gasteiger partial charge < -0.3 is 9.80 Å². The van der Waals surface area contributed by atoms with Crippen LogP contribution < -0.4 is 4.90 Å². The number of likely N-dealkylation sites (tertiary alicyclic amines) is 2. The SMILES string of the molecule is Cc1cc(C)cc(N(CCC#N)C(=O)CN2CCC(CN3CCCCCC3)CC2)c1. The lowest BCUT2D eigenvalue weighted by Gasteiger charge is -2.35. The van der Waals surface area contributed by atoms with Crippen LogP contribution in [-0.4, -0.2) is 61.5 Å². The van der Waals surface area contributed by atoms with E-state index in [2.05, 4.69) is 47.9 Å². The maximum Gasteiger partial charge on any atom is 0.241 e. The summed E-state index contributed by atoms with van der Waals surface area (Å²) in [5.74, 6) is 0.879. The summed E-state index contributed by atoms with van der Waals surface area (Å²) in [6.45, 7) is 10.8. The van der Waals surface area contributed by atoms with E-state index in [1.165, 1.54) is 58.2 Å². The molecule has 0 saturated carbocycles. The molecule has 0 bridgehead atoms. The summed E-state index contributed by atoms with van der Waals surface area (Å²) in [6.07, 6.45) is 8.21. The minimum absolute atomic E-state index is 0.112. The van der Waals surface area contributed by atoms with Crippen LogP contribution in [0.15, 0.2) is 18.2 Å². The molecule has 0 aromatic heterocycles. The van der Waals surface area contributed by atoms with Crippen LogP contribution in [0.25, 0.3) is 0 Å². The van der Waals surface area contributed by atoms with Gasteiger partial charge in [0.25, 0.3) is 0 Å². The fourth-order valence-corrected chi connectivity index (χ4v) is 4.95. The molecule has 5 heteroatoms. The molecule has 5 nitrogen and oxygen atoms in total. The molecule has 0 unspecified atom stereocenters. The highest BCUT2D eigenvalue weighted by Crippen LogP contribution is 2.22. The Morgan fingerprint density at radius 1 is 1.00 bits per heavy atom. The Bertz CT molecular complexity index is 705. The quantitative estimate of drug-likeness (QED) is 0.678. The van der Waals surface area contributed by atoms with Crippen molar-refractivity contribution >= 4 is 11.6 Å². The number of hydrogen-bond acceptors (Lipinski definition) is 4. The predicted octanol–water partition coefficient (Wildman–Crippen LogP) is 4.14. The number of piperidine rings is 1. The highest BCUT2D eigenvalue weighted by Gasteiger charge is 2.25. The number of carbonyl (C=O) groups is 1. The fourth-order valence-electron chi connectivity index (χ4n) is 4.95. The van der Waals surface area contributed by atoms with Gasteiger partial charge in [-0.1, -0.05) is 18.9 Å². The van der Waals surface area contributed by atoms with Crippen molar-refractivity contribution in [2.24, 2.45) is 5.92 Å². The number of benzene rings is 1. The summed E-state index contributed by atoms with van der Waals surface area (Å²) in [4.78, 5) is 19.9. The molecule has 2 aliphatic heterocycles. The average Bonchev–Trinajstić information content (AvgIpc) is 2.98. The minimum Gasteiger partial charge on any atom is -0.310 e. The minimum atomic E-state index is 0.112. The molecule has 0 N–H and O–H groups in total. The average molecular weight is 411 g/mol. The first-order chi connectivity index (χ1) is 14.5. The summed E-state index contributed by atoms with van der Waals surface area (Å²) < 4.78 is 0. The topological polar surface area (TPSA) is 50.6 Å². The second-order valence-electron chi connectivity index (χ2n) is 9.23. The van der Waals surface area contributed by atoms with Gasteiger partial charge in [0.05, 0.1) is 19.0 Å². The van der Waals surface area contributed by atoms with Crippen LogP contribution in [0.2, 0.25) is 0 Å². The molecule has 1 aromatic rings. The molecular formula is C25H38N4O. The summed E-state index contributed by atoms with van der Waals surface area (Å²) in [7, 11) is 0. The van der Waals surface area contributed by atoms with Crippen molar-refractivity contribution in [3.8, 4) is 6.07 Å². The van der Waals surface area contributed by atoms with E-state index < -0.39 is 0 Å². The predicted molar refractivity (Wildman–Crippen MR) is 123 cm³/mol. The molecule has 2 heterocycles. The Labute approximate surface area is 182 Å². The molecule has 1 aromatic carbocycles. The summed E-state index contributed by atoms with van der Waals surface area (Å²) in [5, 5.41) is 9.05. The Morgan fingerprint density at radius 2 is 1.63 bits per heavy atom. The number of aryl methyl sites for hydroxylation is 2. The van der Waals surface area contributed by atoms with Crippen molar-refractivity contribution in [2.45, 2.75) is 58.8 Å². The van der Waals surface area contributed by atoms with Crippen molar-refractivity contribution in [2.75, 3.05) is 50.7 Å². The number of hydrogen-bond donors (Lipinski definition) is 0. The molecular weight excluding hydrogens is 372 g/mol. The van der Waals surface area contributed by atoms with Gasteiger partial charge in [0, 0.05) is 18.8 Å².